The molecule has 0 bridgehead atoms. The Labute approximate surface area is 182 Å². The van der Waals surface area contributed by atoms with Gasteiger partial charge in [-0.2, -0.15) is 4.98 Å². The number of thiophene rings is 1. The van der Waals surface area contributed by atoms with Gasteiger partial charge in [-0.05, 0) is 66.4 Å². The fourth-order valence-corrected chi connectivity index (χ4v) is 4.93. The van der Waals surface area contributed by atoms with Crippen molar-refractivity contribution in [3.63, 3.8) is 0 Å². The Morgan fingerprint density at radius 2 is 1.97 bits per heavy atom. The highest BCUT2D eigenvalue weighted by molar-refractivity contribution is 7.94. The van der Waals surface area contributed by atoms with Crippen LogP contribution in [0.3, 0.4) is 0 Å². The summed E-state index contributed by atoms with van der Waals surface area (Å²) in [5, 5.41) is 6.31. The molecule has 10 heteroatoms. The Kier molecular flexibility index (Phi) is 5.76. The minimum absolute atomic E-state index is 0.119. The van der Waals surface area contributed by atoms with Gasteiger partial charge in [0.05, 0.1) is 0 Å². The van der Waals surface area contributed by atoms with Crippen LogP contribution in [-0.2, 0) is 16.6 Å². The largest absolute Gasteiger partial charge is 0.483 e. The van der Waals surface area contributed by atoms with Gasteiger partial charge in [-0.15, -0.1) is 11.3 Å². The van der Waals surface area contributed by atoms with Crippen LogP contribution in [0.4, 0.5) is 5.69 Å². The van der Waals surface area contributed by atoms with Gasteiger partial charge in [0, 0.05) is 16.3 Å². The lowest BCUT2D eigenvalue weighted by molar-refractivity contribution is 0.242. The molecular formula is C20H16ClN3O4S2. The maximum absolute atomic E-state index is 12.3. The highest BCUT2D eigenvalue weighted by Gasteiger charge is 2.16. The van der Waals surface area contributed by atoms with Gasteiger partial charge in [-0.1, -0.05) is 22.8 Å². The third-order valence-corrected chi connectivity index (χ3v) is 7.13. The van der Waals surface area contributed by atoms with Gasteiger partial charge < -0.3 is 9.26 Å². The zero-order valence-corrected chi connectivity index (χ0v) is 18.1. The van der Waals surface area contributed by atoms with E-state index < -0.39 is 10.0 Å². The lowest BCUT2D eigenvalue weighted by atomic mass is 10.2. The molecule has 2 aromatic carbocycles. The number of halogens is 1. The number of nitrogens with zero attached hydrogens (tertiary/aromatic N) is 2. The van der Waals surface area contributed by atoms with E-state index in [0.29, 0.717) is 33.7 Å². The molecule has 4 aromatic rings. The lowest BCUT2D eigenvalue weighted by Gasteiger charge is -2.06. The van der Waals surface area contributed by atoms with Gasteiger partial charge in [0.1, 0.15) is 9.96 Å². The second-order valence-electron chi connectivity index (χ2n) is 6.33. The first-order valence-electron chi connectivity index (χ1n) is 8.79. The van der Waals surface area contributed by atoms with E-state index in [4.69, 9.17) is 20.9 Å². The number of rotatable bonds is 7. The van der Waals surface area contributed by atoms with Crippen LogP contribution in [0.5, 0.6) is 5.75 Å². The topological polar surface area (TPSA) is 94.3 Å². The molecule has 0 fully saturated rings. The predicted molar refractivity (Wildman–Crippen MR) is 115 cm³/mol. The first kappa shape index (κ1) is 20.4. The van der Waals surface area contributed by atoms with Crippen LogP contribution in [0.15, 0.2) is 68.7 Å². The lowest BCUT2D eigenvalue weighted by Crippen LogP contribution is -2.11. The summed E-state index contributed by atoms with van der Waals surface area (Å²) in [4.78, 5) is 4.32. The van der Waals surface area contributed by atoms with Crippen LogP contribution >= 0.6 is 22.9 Å². The SMILES string of the molecule is Cc1cc(Cl)ccc1OCc1nc(-c2ccc(NS(=O)(=O)c3cccs3)cc2)no1. The normalized spacial score (nSPS) is 11.4. The van der Waals surface area contributed by atoms with Crippen molar-refractivity contribution in [3.8, 4) is 17.1 Å². The van der Waals surface area contributed by atoms with E-state index in [1.54, 1.807) is 53.9 Å². The molecule has 154 valence electrons. The van der Waals surface area contributed by atoms with E-state index in [2.05, 4.69) is 14.9 Å². The van der Waals surface area contributed by atoms with Gasteiger partial charge in [-0.3, -0.25) is 4.72 Å². The monoisotopic (exact) mass is 461 g/mol. The van der Waals surface area contributed by atoms with Crippen LogP contribution in [0.25, 0.3) is 11.4 Å². The molecular weight excluding hydrogens is 446 g/mol. The summed E-state index contributed by atoms with van der Waals surface area (Å²) in [5.74, 6) is 1.39. The average molecular weight is 462 g/mol. The number of sulfonamides is 1. The number of ether oxygens (including phenoxy) is 1. The summed E-state index contributed by atoms with van der Waals surface area (Å²) < 4.78 is 38.3. The average Bonchev–Trinajstić information content (AvgIpc) is 3.40. The van der Waals surface area contributed by atoms with Crippen molar-refractivity contribution >= 4 is 38.6 Å². The molecule has 4 rings (SSSR count). The predicted octanol–water partition coefficient (Wildman–Crippen LogP) is 5.14. The molecule has 2 heterocycles. The van der Waals surface area contributed by atoms with Crippen molar-refractivity contribution in [2.45, 2.75) is 17.7 Å². The molecule has 0 saturated carbocycles. The van der Waals surface area contributed by atoms with Crippen molar-refractivity contribution in [2.24, 2.45) is 0 Å². The molecule has 2 aromatic heterocycles. The van der Waals surface area contributed by atoms with Crippen LogP contribution in [0.2, 0.25) is 5.02 Å². The third-order valence-electron chi connectivity index (χ3n) is 4.11. The number of nitrogens with one attached hydrogen (secondary N) is 1. The first-order valence-corrected chi connectivity index (χ1v) is 11.5. The first-order chi connectivity index (χ1) is 14.4. The Morgan fingerprint density at radius 3 is 2.67 bits per heavy atom. The van der Waals surface area contributed by atoms with E-state index in [0.717, 1.165) is 16.9 Å². The summed E-state index contributed by atoms with van der Waals surface area (Å²) in [6, 6.07) is 15.3. The summed E-state index contributed by atoms with van der Waals surface area (Å²) in [5.41, 5.74) is 2.03. The van der Waals surface area contributed by atoms with Gasteiger partial charge in [0.2, 0.25) is 5.82 Å². The molecule has 0 aliphatic heterocycles. The summed E-state index contributed by atoms with van der Waals surface area (Å²) in [7, 11) is -3.59. The summed E-state index contributed by atoms with van der Waals surface area (Å²) >= 11 is 7.10. The summed E-state index contributed by atoms with van der Waals surface area (Å²) in [6.07, 6.45) is 0. The minimum atomic E-state index is -3.59. The fraction of sp³-hybridized carbons (Fsp3) is 0.100. The van der Waals surface area contributed by atoms with Gasteiger partial charge in [0.25, 0.3) is 15.9 Å². The van der Waals surface area contributed by atoms with Crippen LogP contribution < -0.4 is 9.46 Å². The fourth-order valence-electron chi connectivity index (χ4n) is 2.65. The number of hydrogen-bond acceptors (Lipinski definition) is 7. The molecule has 1 N–H and O–H groups in total. The molecule has 0 aliphatic rings. The highest BCUT2D eigenvalue weighted by atomic mass is 35.5. The number of aromatic nitrogens is 2. The van der Waals surface area contributed by atoms with Gasteiger partial charge in [-0.25, -0.2) is 8.42 Å². The number of hydrogen-bond donors (Lipinski definition) is 1. The highest BCUT2D eigenvalue weighted by Crippen LogP contribution is 2.25. The van der Waals surface area contributed by atoms with Crippen molar-refractivity contribution in [1.29, 1.82) is 0 Å². The van der Waals surface area contributed by atoms with Crippen LogP contribution in [-0.4, -0.2) is 18.6 Å². The molecule has 0 spiro atoms. The van der Waals surface area contributed by atoms with Crippen molar-refractivity contribution in [2.75, 3.05) is 4.72 Å². The van der Waals surface area contributed by atoms with Gasteiger partial charge in [0.15, 0.2) is 6.61 Å². The molecule has 0 aliphatic carbocycles. The van der Waals surface area contributed by atoms with Crippen molar-refractivity contribution < 1.29 is 17.7 Å². The molecule has 0 amide bonds. The van der Waals surface area contributed by atoms with Crippen LogP contribution in [0, 0.1) is 6.92 Å². The van der Waals surface area contributed by atoms with Gasteiger partial charge >= 0.3 is 0 Å². The van der Waals surface area contributed by atoms with E-state index in [-0.39, 0.29) is 10.8 Å². The number of benzene rings is 2. The quantitative estimate of drug-likeness (QED) is 0.409. The molecule has 0 saturated heterocycles. The Balaban J connectivity index is 1.42. The minimum Gasteiger partial charge on any atom is -0.483 e. The second kappa shape index (κ2) is 8.47. The molecule has 7 nitrogen and oxygen atoms in total. The van der Waals surface area contributed by atoms with Crippen LogP contribution in [0.1, 0.15) is 11.5 Å². The molecule has 30 heavy (non-hydrogen) atoms. The van der Waals surface area contributed by atoms with Crippen molar-refractivity contribution in [1.82, 2.24) is 10.1 Å². The number of aryl methyl sites for hydroxylation is 1. The Morgan fingerprint density at radius 1 is 1.17 bits per heavy atom. The zero-order chi connectivity index (χ0) is 21.1. The standard InChI is InChI=1S/C20H16ClN3O4S2/c1-13-11-15(21)6-9-17(13)27-12-18-22-20(23-28-18)14-4-7-16(8-5-14)24-30(25,26)19-3-2-10-29-19/h2-11,24H,12H2,1H3. The van der Waals surface area contributed by atoms with E-state index in [1.807, 2.05) is 13.0 Å². The van der Waals surface area contributed by atoms with E-state index >= 15 is 0 Å². The maximum atomic E-state index is 12.3. The molecule has 0 atom stereocenters. The maximum Gasteiger partial charge on any atom is 0.271 e. The van der Waals surface area contributed by atoms with Crippen molar-refractivity contribution in [3.05, 3.63) is 76.5 Å². The van der Waals surface area contributed by atoms with E-state index in [1.165, 1.54) is 0 Å². The number of anilines is 1. The third kappa shape index (κ3) is 4.64. The Hall–Kier alpha value is -2.88. The smallest absolute Gasteiger partial charge is 0.271 e. The molecule has 0 radical (unpaired) electrons. The Bertz CT molecular complexity index is 1250. The summed E-state index contributed by atoms with van der Waals surface area (Å²) in [6.45, 7) is 2.02. The van der Waals surface area contributed by atoms with E-state index in [9.17, 15) is 8.42 Å². The second-order valence-corrected chi connectivity index (χ2v) is 9.62. The molecule has 0 unspecified atom stereocenters. The zero-order valence-electron chi connectivity index (χ0n) is 15.7.